The second kappa shape index (κ2) is 6.07. The van der Waals surface area contributed by atoms with Crippen molar-refractivity contribution >= 4 is 26.8 Å². The minimum Gasteiger partial charge on any atom is -0.480 e. The molecule has 5 nitrogen and oxygen atoms in total. The van der Waals surface area contributed by atoms with Crippen LogP contribution in [0.2, 0.25) is 0 Å². The van der Waals surface area contributed by atoms with Crippen molar-refractivity contribution in [3.63, 3.8) is 0 Å². The highest BCUT2D eigenvalue weighted by atomic mass is 32.2. The van der Waals surface area contributed by atoms with Crippen LogP contribution in [0.4, 0.5) is 0 Å². The highest BCUT2D eigenvalue weighted by Crippen LogP contribution is 2.26. The normalized spacial score (nSPS) is 13.0. The first-order valence-electron chi connectivity index (χ1n) is 6.25. The van der Waals surface area contributed by atoms with Crippen molar-refractivity contribution in [2.45, 2.75) is 5.25 Å². The van der Waals surface area contributed by atoms with E-state index in [1.807, 2.05) is 30.3 Å². The topological polar surface area (TPSA) is 83.5 Å². The summed E-state index contributed by atoms with van der Waals surface area (Å²) in [7, 11) is -3.84. The fourth-order valence-electron chi connectivity index (χ4n) is 2.08. The number of benzene rings is 2. The van der Waals surface area contributed by atoms with Gasteiger partial charge in [0.05, 0.1) is 0 Å². The second-order valence-electron chi connectivity index (χ2n) is 4.52. The second-order valence-corrected chi connectivity index (χ2v) is 6.41. The molecule has 1 unspecified atom stereocenters. The van der Waals surface area contributed by atoms with E-state index < -0.39 is 27.8 Å². The van der Waals surface area contributed by atoms with Crippen LogP contribution in [0, 0.1) is 0 Å². The highest BCUT2D eigenvalue weighted by molar-refractivity contribution is 7.89. The fraction of sp³-hybridized carbons (Fsp3) is 0.133. The average Bonchev–Trinajstić information content (AvgIpc) is 2.45. The Labute approximate surface area is 123 Å². The first-order valence-corrected chi connectivity index (χ1v) is 7.80. The smallest absolute Gasteiger partial charge is 0.318 e. The van der Waals surface area contributed by atoms with Crippen molar-refractivity contribution in [1.82, 2.24) is 4.72 Å². The number of hydrogen-bond donors (Lipinski definition) is 2. The van der Waals surface area contributed by atoms with Gasteiger partial charge in [0, 0.05) is 0 Å². The van der Waals surface area contributed by atoms with Gasteiger partial charge in [-0.05, 0) is 22.4 Å². The lowest BCUT2D eigenvalue weighted by molar-refractivity contribution is -0.135. The van der Waals surface area contributed by atoms with Crippen LogP contribution in [0.3, 0.4) is 0 Å². The summed E-state index contributed by atoms with van der Waals surface area (Å²) in [5.74, 6) is -1.24. The van der Waals surface area contributed by atoms with Gasteiger partial charge in [0.1, 0.15) is 11.8 Å². The molecule has 2 rings (SSSR count). The summed E-state index contributed by atoms with van der Waals surface area (Å²) in [6, 6.07) is 12.9. The third-order valence-corrected chi connectivity index (χ3v) is 4.75. The van der Waals surface area contributed by atoms with Crippen molar-refractivity contribution in [2.75, 3.05) is 6.54 Å². The number of nitrogens with one attached hydrogen (secondary N) is 1. The Morgan fingerprint density at radius 1 is 1.24 bits per heavy atom. The van der Waals surface area contributed by atoms with E-state index in [1.165, 1.54) is 6.08 Å². The summed E-state index contributed by atoms with van der Waals surface area (Å²) in [6.45, 7) is 2.89. The van der Waals surface area contributed by atoms with Crippen molar-refractivity contribution in [1.29, 1.82) is 0 Å². The minimum absolute atomic E-state index is 0.543. The predicted molar refractivity (Wildman–Crippen MR) is 81.4 cm³/mol. The molecule has 1 atom stereocenters. The van der Waals surface area contributed by atoms with E-state index in [0.717, 1.165) is 10.8 Å². The third kappa shape index (κ3) is 3.48. The summed E-state index contributed by atoms with van der Waals surface area (Å²) in [6.07, 6.45) is 1.29. The lowest BCUT2D eigenvalue weighted by Crippen LogP contribution is -2.32. The molecule has 0 aliphatic rings. The van der Waals surface area contributed by atoms with Gasteiger partial charge in [0.15, 0.2) is 0 Å². The molecule has 21 heavy (non-hydrogen) atoms. The number of fused-ring (bicyclic) bond motifs is 1. The maximum absolute atomic E-state index is 12.2. The van der Waals surface area contributed by atoms with E-state index in [4.69, 9.17) is 5.11 Å². The molecular formula is C15H15NO4S. The van der Waals surface area contributed by atoms with E-state index in [-0.39, 0.29) is 0 Å². The molecular weight excluding hydrogens is 290 g/mol. The standard InChI is InChI=1S/C15H15NO4S/c1-2-14(21(19,20)16-10-15(17)18)13-8-7-11-5-3-4-6-12(11)9-13/h2-9,14,16H,1,10H2,(H,17,18). The number of carboxylic acid groups (broad SMARTS) is 1. The monoisotopic (exact) mass is 305 g/mol. The molecule has 0 bridgehead atoms. The quantitative estimate of drug-likeness (QED) is 0.800. The van der Waals surface area contributed by atoms with Crippen LogP contribution in [-0.4, -0.2) is 26.0 Å². The Balaban J connectivity index is 2.39. The van der Waals surface area contributed by atoms with Gasteiger partial charge in [-0.15, -0.1) is 6.58 Å². The largest absolute Gasteiger partial charge is 0.480 e. The van der Waals surface area contributed by atoms with Crippen LogP contribution in [0.5, 0.6) is 0 Å². The fourth-order valence-corrected chi connectivity index (χ4v) is 3.34. The third-order valence-electron chi connectivity index (χ3n) is 3.08. The number of carboxylic acids is 1. The van der Waals surface area contributed by atoms with E-state index in [0.29, 0.717) is 5.56 Å². The summed E-state index contributed by atoms with van der Waals surface area (Å²) in [5, 5.41) is 9.50. The molecule has 2 aromatic rings. The predicted octanol–water partition coefficient (Wildman–Crippen LogP) is 2.07. The molecule has 0 spiro atoms. The number of rotatable bonds is 6. The molecule has 110 valence electrons. The number of carbonyl (C=O) groups is 1. The van der Waals surface area contributed by atoms with E-state index in [9.17, 15) is 13.2 Å². The van der Waals surface area contributed by atoms with Crippen LogP contribution in [-0.2, 0) is 14.8 Å². The van der Waals surface area contributed by atoms with E-state index >= 15 is 0 Å². The zero-order valence-corrected chi connectivity index (χ0v) is 12.0. The first kappa shape index (κ1) is 15.2. The van der Waals surface area contributed by atoms with Crippen molar-refractivity contribution in [2.24, 2.45) is 0 Å². The lowest BCUT2D eigenvalue weighted by atomic mass is 10.1. The maximum Gasteiger partial charge on any atom is 0.318 e. The molecule has 0 heterocycles. The summed E-state index contributed by atoms with van der Waals surface area (Å²) < 4.78 is 26.4. The van der Waals surface area contributed by atoms with E-state index in [1.54, 1.807) is 12.1 Å². The molecule has 6 heteroatoms. The Morgan fingerprint density at radius 2 is 1.90 bits per heavy atom. The highest BCUT2D eigenvalue weighted by Gasteiger charge is 2.24. The first-order chi connectivity index (χ1) is 9.94. The molecule has 2 aromatic carbocycles. The molecule has 0 radical (unpaired) electrons. The molecule has 0 amide bonds. The molecule has 2 N–H and O–H groups in total. The SMILES string of the molecule is C=CC(c1ccc2ccccc2c1)S(=O)(=O)NCC(=O)O. The van der Waals surface area contributed by atoms with E-state index in [2.05, 4.69) is 11.3 Å². The Hall–Kier alpha value is -2.18. The number of aliphatic carboxylic acids is 1. The molecule has 0 saturated carbocycles. The number of sulfonamides is 1. The summed E-state index contributed by atoms with van der Waals surface area (Å²) in [4.78, 5) is 10.5. The van der Waals surface area contributed by atoms with Gasteiger partial charge >= 0.3 is 5.97 Å². The minimum atomic E-state index is -3.84. The van der Waals surface area contributed by atoms with Crippen LogP contribution < -0.4 is 4.72 Å². The van der Waals surface area contributed by atoms with Crippen LogP contribution in [0.25, 0.3) is 10.8 Å². The Morgan fingerprint density at radius 3 is 2.52 bits per heavy atom. The average molecular weight is 305 g/mol. The number of hydrogen-bond acceptors (Lipinski definition) is 3. The Kier molecular flexibility index (Phi) is 4.40. The van der Waals surface area contributed by atoms with Gasteiger partial charge in [-0.25, -0.2) is 13.1 Å². The molecule has 0 saturated heterocycles. The maximum atomic E-state index is 12.2. The van der Waals surface area contributed by atoms with Gasteiger partial charge in [-0.3, -0.25) is 4.79 Å². The summed E-state index contributed by atoms with van der Waals surface area (Å²) in [5.41, 5.74) is 0.543. The zero-order valence-electron chi connectivity index (χ0n) is 11.2. The van der Waals surface area contributed by atoms with Crippen molar-refractivity contribution in [3.8, 4) is 0 Å². The molecule has 0 fully saturated rings. The van der Waals surface area contributed by atoms with Gasteiger partial charge < -0.3 is 5.11 Å². The molecule has 0 aromatic heterocycles. The van der Waals surface area contributed by atoms with Crippen LogP contribution >= 0.6 is 0 Å². The summed E-state index contributed by atoms with van der Waals surface area (Å²) >= 11 is 0. The van der Waals surface area contributed by atoms with Gasteiger partial charge in [-0.1, -0.05) is 42.5 Å². The van der Waals surface area contributed by atoms with Gasteiger partial charge in [0.25, 0.3) is 0 Å². The molecule has 0 aliphatic carbocycles. The molecule has 0 aliphatic heterocycles. The lowest BCUT2D eigenvalue weighted by Gasteiger charge is -2.15. The van der Waals surface area contributed by atoms with Crippen LogP contribution in [0.15, 0.2) is 55.1 Å². The van der Waals surface area contributed by atoms with Crippen molar-refractivity contribution < 1.29 is 18.3 Å². The van der Waals surface area contributed by atoms with Crippen LogP contribution in [0.1, 0.15) is 10.8 Å². The van der Waals surface area contributed by atoms with Crippen molar-refractivity contribution in [3.05, 3.63) is 60.7 Å². The zero-order chi connectivity index (χ0) is 15.5. The Bertz CT molecular complexity index is 783. The van der Waals surface area contributed by atoms with Gasteiger partial charge in [0.2, 0.25) is 10.0 Å². The van der Waals surface area contributed by atoms with Gasteiger partial charge in [-0.2, -0.15) is 0 Å².